The molecule has 0 saturated carbocycles. The summed E-state index contributed by atoms with van der Waals surface area (Å²) in [6.45, 7) is 40.1. The van der Waals surface area contributed by atoms with Gasteiger partial charge in [0.2, 0.25) is 0 Å². The normalized spacial score (nSPS) is 32.0. The first-order valence-corrected chi connectivity index (χ1v) is 57.9. The number of hydrogen-bond acceptors (Lipinski definition) is 27. The third-order valence-electron chi connectivity index (χ3n) is 30.5. The zero-order valence-corrected chi connectivity index (χ0v) is 94.8. The summed E-state index contributed by atoms with van der Waals surface area (Å²) in [7, 11) is 0. The van der Waals surface area contributed by atoms with E-state index in [1.165, 1.54) is 57.8 Å². The molecule has 0 radical (unpaired) electrons. The molecule has 9 fully saturated rings. The molecule has 9 aliphatic heterocycles. The largest absolute Gasteiger partial charge is 0.369 e. The van der Waals surface area contributed by atoms with Crippen molar-refractivity contribution in [3.8, 4) is 0 Å². The summed E-state index contributed by atoms with van der Waals surface area (Å²) in [5.41, 5.74) is 0. The topological polar surface area (TPSA) is 342 Å². The van der Waals surface area contributed by atoms with Crippen LogP contribution in [0.1, 0.15) is 545 Å². The molecule has 25 atom stereocenters. The maximum absolute atomic E-state index is 11.9. The number of carbonyl (C=O) groups excluding carboxylic acids is 11. The second-order valence-electron chi connectivity index (χ2n) is 46.1. The Labute approximate surface area is 882 Å². The smallest absolute Gasteiger partial charge is 0.166 e. The van der Waals surface area contributed by atoms with Gasteiger partial charge in [-0.3, -0.25) is 0 Å². The van der Waals surface area contributed by atoms with Crippen molar-refractivity contribution in [2.24, 2.45) is 0 Å². The van der Waals surface area contributed by atoms with Crippen LogP contribution < -0.4 is 0 Å². The molecule has 846 valence electrons. The van der Waals surface area contributed by atoms with Crippen LogP contribution in [0.5, 0.6) is 0 Å². The monoisotopic (exact) mass is 2070 g/mol. The fourth-order valence-corrected chi connectivity index (χ4v) is 21.8. The third-order valence-corrected chi connectivity index (χ3v) is 30.5. The summed E-state index contributed by atoms with van der Waals surface area (Å²) in [6.07, 6.45) is 52.9. The zero-order valence-electron chi connectivity index (χ0n) is 94.8. The van der Waals surface area contributed by atoms with Gasteiger partial charge >= 0.3 is 0 Å². The standard InChI is InChI=1S/C37H62O10.C31H54O7.2C25H44O5.CH4/c1-9-29-31(44-35(6,42-29)20-17-26(3)39)23-33-34(47-37(8,46-33)22-19-28(5)41)24-32-30(16-14-12-10-11-13-15-25(2)38)43-36(7,45-32)21-18-27(4)40;1-7-8-12-16-26-28(37-30(5,35-26)20-18-24(3)33)22-29-27(17-14-11-9-10-13-15-23(2)32)36-31(6,38-29)21-19-25(4)34;1-5-6-10-15-22-24(30-25(4,29-22)17-16-20(3)27)18-23-21(28-23)14-12-9-7-8-11-13-19(2)26;1-5-6-10-14-21-23(28-21)18-24-22(15-12-9-7-8-11-13-19(2)26)29-25(4,30-24)17-16-20(3)27;/h29-34H,9-24H2,1-8H3;26-29H,7-22H2,1-6H3;2*21-24H,5-18H2,1-4H3;1H4. The Balaban J connectivity index is 0.000000348. The lowest BCUT2D eigenvalue weighted by molar-refractivity contribution is -0.180. The van der Waals surface area contributed by atoms with Crippen molar-refractivity contribution in [3.05, 3.63) is 0 Å². The van der Waals surface area contributed by atoms with E-state index in [1.54, 1.807) is 76.2 Å². The molecule has 0 N–H and O–H groups in total. The molecule has 27 nitrogen and oxygen atoms in total. The number of ether oxygens (including phenoxy) is 16. The maximum atomic E-state index is 11.9. The highest BCUT2D eigenvalue weighted by Crippen LogP contribution is 2.49. The minimum absolute atomic E-state index is 0. The molecule has 27 heteroatoms. The highest BCUT2D eigenvalue weighted by molar-refractivity contribution is 5.78. The summed E-state index contributed by atoms with van der Waals surface area (Å²) < 4.78 is 103. The molecule has 9 rings (SSSR count). The van der Waals surface area contributed by atoms with Gasteiger partial charge in [0.05, 0.1) is 110 Å². The summed E-state index contributed by atoms with van der Waals surface area (Å²) >= 11 is 0. The summed E-state index contributed by atoms with van der Waals surface area (Å²) in [5, 5.41) is 0. The van der Waals surface area contributed by atoms with Gasteiger partial charge in [0.1, 0.15) is 63.6 Å². The molecular weight excluding hydrogens is 1860 g/mol. The lowest BCUT2D eigenvalue weighted by atomic mass is 9.95. The number of unbranched alkanes of at least 4 members (excludes halogenated alkanes) is 22. The second kappa shape index (κ2) is 68.2. The average Bonchev–Trinajstić information content (AvgIpc) is 1.53. The van der Waals surface area contributed by atoms with Gasteiger partial charge in [-0.05, 0) is 202 Å². The minimum Gasteiger partial charge on any atom is -0.369 e. The van der Waals surface area contributed by atoms with Crippen molar-refractivity contribution in [1.29, 1.82) is 0 Å². The Morgan fingerprint density at radius 2 is 0.301 bits per heavy atom. The van der Waals surface area contributed by atoms with E-state index in [-0.39, 0.29) is 151 Å². The predicted octanol–water partition coefficient (Wildman–Crippen LogP) is 26.6. The molecule has 146 heavy (non-hydrogen) atoms. The second-order valence-corrected chi connectivity index (χ2v) is 46.1. The van der Waals surface area contributed by atoms with E-state index in [2.05, 4.69) is 27.7 Å². The molecule has 9 saturated heterocycles. The Hall–Kier alpha value is -4.27. The zero-order chi connectivity index (χ0) is 107. The first kappa shape index (κ1) is 132. The number of epoxide rings is 2. The molecule has 0 spiro atoms. The SMILES string of the molecule is C.CCC1OC(C)(CCC(C)=O)OC1CC1OC(C)(CCC(C)=O)OC1CC1OC(C)(CCC(C)=O)OC1CCCCCCCC(C)=O.CCCCCC1OC(C)(CCC(C)=O)OC1CC1OC(C)(CCC(C)=O)OC1CCCCCCCC(C)=O.CCCCCC1OC(C)(CCC(C)=O)OC1CC1OC1CCCCCCCC(C)=O.CCCCCC1OC1CC1OC(C)(CCC(C)=O)OC1CCCCCCCC(C)=O. The van der Waals surface area contributed by atoms with Crippen molar-refractivity contribution in [3.63, 3.8) is 0 Å². The number of rotatable bonds is 76. The maximum Gasteiger partial charge on any atom is 0.166 e. The Morgan fingerprint density at radius 1 is 0.164 bits per heavy atom. The fourth-order valence-electron chi connectivity index (χ4n) is 21.8. The van der Waals surface area contributed by atoms with Gasteiger partial charge in [-0.2, -0.15) is 0 Å². The van der Waals surface area contributed by atoms with E-state index in [0.717, 1.165) is 199 Å². The van der Waals surface area contributed by atoms with Crippen molar-refractivity contribution >= 4 is 63.6 Å². The van der Waals surface area contributed by atoms with E-state index < -0.39 is 40.5 Å². The number of ketones is 11. The molecule has 0 bridgehead atoms. The van der Waals surface area contributed by atoms with Crippen LogP contribution in [0, 0.1) is 0 Å². The van der Waals surface area contributed by atoms with E-state index in [4.69, 9.17) is 75.8 Å². The van der Waals surface area contributed by atoms with Crippen LogP contribution in [0.15, 0.2) is 0 Å². The Morgan fingerprint density at radius 3 is 0.479 bits per heavy atom. The van der Waals surface area contributed by atoms with Gasteiger partial charge in [0.25, 0.3) is 0 Å². The molecule has 0 aromatic heterocycles. The van der Waals surface area contributed by atoms with Crippen LogP contribution in [0.4, 0.5) is 0 Å². The first-order chi connectivity index (χ1) is 68.6. The van der Waals surface area contributed by atoms with Crippen molar-refractivity contribution in [2.45, 2.75) is 695 Å². The van der Waals surface area contributed by atoms with E-state index in [0.29, 0.717) is 159 Å². The average molecular weight is 2070 g/mol. The van der Waals surface area contributed by atoms with Gasteiger partial charge < -0.3 is 129 Å². The van der Waals surface area contributed by atoms with E-state index >= 15 is 0 Å². The molecule has 0 aliphatic carbocycles. The number of hydrogen-bond donors (Lipinski definition) is 0. The highest BCUT2D eigenvalue weighted by atomic mass is 16.8. The number of Topliss-reactive ketones (excluding diaryl/α,β-unsaturated/α-hetero) is 11. The van der Waals surface area contributed by atoms with Gasteiger partial charge in [-0.25, -0.2) is 0 Å². The summed E-state index contributed by atoms with van der Waals surface area (Å²) in [4.78, 5) is 126. The van der Waals surface area contributed by atoms with Crippen LogP contribution in [-0.2, 0) is 129 Å². The van der Waals surface area contributed by atoms with Crippen molar-refractivity contribution in [1.82, 2.24) is 0 Å². The summed E-state index contributed by atoms with van der Waals surface area (Å²) in [5.74, 6) is -3.51. The summed E-state index contributed by atoms with van der Waals surface area (Å²) in [6, 6.07) is 0. The van der Waals surface area contributed by atoms with Crippen LogP contribution in [-0.4, -0.2) is 214 Å². The predicted molar refractivity (Wildman–Crippen MR) is 568 cm³/mol. The quantitative estimate of drug-likeness (QED) is 0.0403. The molecular formula is C119H208O27. The van der Waals surface area contributed by atoms with E-state index in [1.807, 2.05) is 48.5 Å². The van der Waals surface area contributed by atoms with Crippen LogP contribution in [0.25, 0.3) is 0 Å². The van der Waals surface area contributed by atoms with Crippen LogP contribution >= 0.6 is 0 Å². The first-order valence-electron chi connectivity index (χ1n) is 57.9. The lowest BCUT2D eigenvalue weighted by Gasteiger charge is -2.26. The van der Waals surface area contributed by atoms with E-state index in [9.17, 15) is 52.7 Å². The van der Waals surface area contributed by atoms with Crippen LogP contribution in [0.3, 0.4) is 0 Å². The Kier molecular flexibility index (Phi) is 61.7. The van der Waals surface area contributed by atoms with Gasteiger partial charge in [0, 0.05) is 148 Å². The molecule has 25 unspecified atom stereocenters. The third kappa shape index (κ3) is 53.2. The number of carbonyl (C=O) groups is 11. The minimum atomic E-state index is -0.938. The lowest BCUT2D eigenvalue weighted by Crippen LogP contribution is -2.36. The van der Waals surface area contributed by atoms with Crippen LogP contribution in [0.2, 0.25) is 0 Å². The molecule has 0 aromatic carbocycles. The molecule has 9 heterocycles. The molecule has 9 aliphatic rings. The van der Waals surface area contributed by atoms with Gasteiger partial charge in [-0.1, -0.05) is 196 Å². The molecule has 0 amide bonds. The van der Waals surface area contributed by atoms with Gasteiger partial charge in [-0.15, -0.1) is 0 Å². The van der Waals surface area contributed by atoms with Crippen molar-refractivity contribution < 1.29 is 129 Å². The fraction of sp³-hybridized carbons (Fsp3) is 0.908. The van der Waals surface area contributed by atoms with Gasteiger partial charge in [0.15, 0.2) is 40.5 Å². The molecule has 0 aromatic rings. The highest BCUT2D eigenvalue weighted by Gasteiger charge is 2.56. The Bertz CT molecular complexity index is 3810. The van der Waals surface area contributed by atoms with Crippen molar-refractivity contribution in [2.75, 3.05) is 0 Å².